The Bertz CT molecular complexity index is 1610. The zero-order valence-corrected chi connectivity index (χ0v) is 29.4. The Labute approximate surface area is 287 Å². The molecular weight excluding hydrogens is 653 g/mol. The molecule has 0 spiro atoms. The number of anilines is 1. The largest absolute Gasteiger partial charge is 0.449 e. The number of carbonyl (C=O) groups excluding carboxylic acids is 1. The number of aliphatic hydroxyl groups excluding tert-OH is 1. The second kappa shape index (κ2) is 17.0. The highest BCUT2D eigenvalue weighted by Crippen LogP contribution is 2.33. The van der Waals surface area contributed by atoms with Gasteiger partial charge in [-0.25, -0.2) is 18.2 Å². The van der Waals surface area contributed by atoms with E-state index in [9.17, 15) is 18.3 Å². The van der Waals surface area contributed by atoms with Crippen molar-refractivity contribution in [3.8, 4) is 0 Å². The fraction of sp³-hybridized carbons (Fsp3) is 0.543. The molecule has 1 saturated heterocycles. The summed E-state index contributed by atoms with van der Waals surface area (Å²) in [6.07, 6.45) is 3.72. The molecule has 0 radical (unpaired) electrons. The number of ether oxygens (including phenoxy) is 3. The molecular formula is C35H48N4O7S2. The van der Waals surface area contributed by atoms with Crippen molar-refractivity contribution in [3.05, 3.63) is 66.2 Å². The molecule has 48 heavy (non-hydrogen) atoms. The number of amides is 1. The Kier molecular flexibility index (Phi) is 12.9. The molecule has 0 bridgehead atoms. The van der Waals surface area contributed by atoms with E-state index in [0.717, 1.165) is 58.6 Å². The minimum atomic E-state index is -4.00. The van der Waals surface area contributed by atoms with Gasteiger partial charge < -0.3 is 30.0 Å². The van der Waals surface area contributed by atoms with Gasteiger partial charge in [0.25, 0.3) is 0 Å². The van der Waals surface area contributed by atoms with Gasteiger partial charge in [-0.15, -0.1) is 0 Å². The summed E-state index contributed by atoms with van der Waals surface area (Å²) in [6.45, 7) is 8.93. The van der Waals surface area contributed by atoms with Crippen molar-refractivity contribution >= 4 is 42.8 Å². The number of nitrogens with one attached hydrogen (secondary N) is 2. The van der Waals surface area contributed by atoms with Gasteiger partial charge in [0.2, 0.25) is 10.0 Å². The molecule has 2 heterocycles. The summed E-state index contributed by atoms with van der Waals surface area (Å²) in [5.74, 6) is -0.0132. The van der Waals surface area contributed by atoms with Gasteiger partial charge in [0.15, 0.2) is 11.4 Å². The first kappa shape index (κ1) is 36.2. The van der Waals surface area contributed by atoms with Crippen LogP contribution in [0.4, 0.5) is 9.93 Å². The Balaban J connectivity index is 1.23. The van der Waals surface area contributed by atoms with E-state index in [-0.39, 0.29) is 43.2 Å². The second-order valence-corrected chi connectivity index (χ2v) is 16.0. The molecule has 11 nitrogen and oxygen atoms in total. The number of hydrogen-bond donors (Lipinski definition) is 3. The number of aliphatic hydroxyl groups is 1. The topological polar surface area (TPSA) is 139 Å². The lowest BCUT2D eigenvalue weighted by Gasteiger charge is -2.30. The monoisotopic (exact) mass is 700 g/mol. The molecule has 262 valence electrons. The van der Waals surface area contributed by atoms with E-state index < -0.39 is 28.3 Å². The van der Waals surface area contributed by atoms with E-state index in [1.807, 2.05) is 44.2 Å². The summed E-state index contributed by atoms with van der Waals surface area (Å²) in [5.41, 5.74) is 2.39. The number of sulfonamides is 1. The fourth-order valence-electron chi connectivity index (χ4n) is 5.45. The molecule has 13 heteroatoms. The van der Waals surface area contributed by atoms with Crippen LogP contribution in [-0.4, -0.2) is 86.3 Å². The maximum absolute atomic E-state index is 14.0. The number of nitrogens with zero attached hydrogens (tertiary/aromatic N) is 2. The molecule has 3 atom stereocenters. The van der Waals surface area contributed by atoms with Crippen LogP contribution in [-0.2, 0) is 30.7 Å². The molecule has 0 unspecified atom stereocenters. The van der Waals surface area contributed by atoms with Crippen molar-refractivity contribution in [2.75, 3.05) is 38.2 Å². The summed E-state index contributed by atoms with van der Waals surface area (Å²) in [7, 11) is -4.00. The summed E-state index contributed by atoms with van der Waals surface area (Å²) >= 11 is 1.43. The van der Waals surface area contributed by atoms with E-state index in [2.05, 4.69) is 22.2 Å². The third-order valence-electron chi connectivity index (χ3n) is 8.23. The van der Waals surface area contributed by atoms with Gasteiger partial charge in [-0.3, -0.25) is 0 Å². The Morgan fingerprint density at radius 1 is 1.15 bits per heavy atom. The van der Waals surface area contributed by atoms with Gasteiger partial charge in [-0.1, -0.05) is 62.1 Å². The normalized spacial score (nSPS) is 18.1. The number of hydrogen-bond acceptors (Lipinski definition) is 10. The van der Waals surface area contributed by atoms with Gasteiger partial charge in [-0.2, -0.15) is 4.31 Å². The molecule has 2 aromatic carbocycles. The molecule has 3 aromatic rings. The van der Waals surface area contributed by atoms with Crippen LogP contribution in [0.3, 0.4) is 0 Å². The Morgan fingerprint density at radius 2 is 1.94 bits per heavy atom. The van der Waals surface area contributed by atoms with Gasteiger partial charge in [0, 0.05) is 32.2 Å². The lowest BCUT2D eigenvalue weighted by Crippen LogP contribution is -2.51. The smallest absolute Gasteiger partial charge is 0.407 e. The first-order valence-corrected chi connectivity index (χ1v) is 19.0. The fourth-order valence-corrected chi connectivity index (χ4v) is 8.16. The molecule has 2 fully saturated rings. The first-order chi connectivity index (χ1) is 23.1. The van der Waals surface area contributed by atoms with Crippen LogP contribution in [0.2, 0.25) is 0 Å². The number of carbonyl (C=O) groups is 1. The third kappa shape index (κ3) is 10.7. The van der Waals surface area contributed by atoms with E-state index in [0.29, 0.717) is 25.7 Å². The number of thiazole rings is 1. The highest BCUT2D eigenvalue weighted by atomic mass is 32.2. The maximum Gasteiger partial charge on any atom is 0.407 e. The standard InChI is InChI=1S/C35H48N4O7S2/c1-24(2)21-39(48(42,43)28-14-15-29-32(20-28)47-34(37-29)36-27-12-13-27)22-31(40)30(19-26-9-5-4-6-10-26)38-35(41)45-18-16-25(3)23-46-33-11-7-8-17-44-33/h4-6,9-10,14-15,20,24,27,30-31,33,40H,3,7-8,11-13,16-19,21-23H2,1-2H3,(H,36,37)(H,38,41)/t30-,31+,33-/m0/s1. The average molecular weight is 701 g/mol. The van der Waals surface area contributed by atoms with Crippen molar-refractivity contribution in [2.45, 2.75) is 88.2 Å². The summed E-state index contributed by atoms with van der Waals surface area (Å²) in [5, 5.41) is 18.5. The number of alkyl carbamates (subject to hydrolysis) is 1. The molecule has 1 aliphatic heterocycles. The van der Waals surface area contributed by atoms with Crippen molar-refractivity contribution in [1.82, 2.24) is 14.6 Å². The van der Waals surface area contributed by atoms with Crippen molar-refractivity contribution in [1.29, 1.82) is 0 Å². The zero-order chi connectivity index (χ0) is 34.1. The zero-order valence-electron chi connectivity index (χ0n) is 27.8. The SMILES string of the molecule is C=C(CCOC(=O)N[C@@H](Cc1ccccc1)[C@H](O)CN(CC(C)C)S(=O)(=O)c1ccc2nc(NC3CC3)sc2c1)CO[C@H]1CCCCO1. The third-order valence-corrected chi connectivity index (χ3v) is 11.0. The summed E-state index contributed by atoms with van der Waals surface area (Å²) in [6, 6.07) is 14.0. The number of aromatic nitrogens is 1. The van der Waals surface area contributed by atoms with E-state index >= 15 is 0 Å². The lowest BCUT2D eigenvalue weighted by molar-refractivity contribution is -0.157. The lowest BCUT2D eigenvalue weighted by atomic mass is 10.0. The van der Waals surface area contributed by atoms with Crippen molar-refractivity contribution < 1.29 is 32.5 Å². The Morgan fingerprint density at radius 3 is 2.65 bits per heavy atom. The molecule has 1 aromatic heterocycles. The van der Waals surface area contributed by atoms with Crippen LogP contribution in [0.25, 0.3) is 10.2 Å². The minimum absolute atomic E-state index is 0.0132. The van der Waals surface area contributed by atoms with Crippen LogP contribution in [0.1, 0.15) is 57.9 Å². The van der Waals surface area contributed by atoms with Gasteiger partial charge in [0.1, 0.15) is 0 Å². The predicted molar refractivity (Wildman–Crippen MR) is 188 cm³/mol. The molecule has 3 N–H and O–H groups in total. The predicted octanol–water partition coefficient (Wildman–Crippen LogP) is 5.71. The summed E-state index contributed by atoms with van der Waals surface area (Å²) in [4.78, 5) is 17.7. The highest BCUT2D eigenvalue weighted by Gasteiger charge is 2.32. The van der Waals surface area contributed by atoms with Crippen LogP contribution >= 0.6 is 11.3 Å². The molecule has 1 aliphatic carbocycles. The van der Waals surface area contributed by atoms with Crippen LogP contribution in [0.15, 0.2) is 65.6 Å². The van der Waals surface area contributed by atoms with E-state index in [4.69, 9.17) is 14.2 Å². The quantitative estimate of drug-likeness (QED) is 0.143. The Hall–Kier alpha value is -3.07. The van der Waals surface area contributed by atoms with Crippen molar-refractivity contribution in [3.63, 3.8) is 0 Å². The van der Waals surface area contributed by atoms with Crippen LogP contribution in [0.5, 0.6) is 0 Å². The van der Waals surface area contributed by atoms with Crippen LogP contribution in [0, 0.1) is 5.92 Å². The van der Waals surface area contributed by atoms with Crippen LogP contribution < -0.4 is 10.6 Å². The minimum Gasteiger partial charge on any atom is -0.449 e. The van der Waals surface area contributed by atoms with Crippen molar-refractivity contribution in [2.24, 2.45) is 5.92 Å². The maximum atomic E-state index is 14.0. The highest BCUT2D eigenvalue weighted by molar-refractivity contribution is 7.89. The molecule has 5 rings (SSSR count). The molecule has 2 aliphatic rings. The molecule has 1 amide bonds. The number of fused-ring (bicyclic) bond motifs is 1. The number of benzene rings is 2. The average Bonchev–Trinajstić information content (AvgIpc) is 3.79. The second-order valence-electron chi connectivity index (χ2n) is 13.0. The van der Waals surface area contributed by atoms with Gasteiger partial charge >= 0.3 is 6.09 Å². The van der Waals surface area contributed by atoms with E-state index in [1.165, 1.54) is 15.6 Å². The molecule has 1 saturated carbocycles. The summed E-state index contributed by atoms with van der Waals surface area (Å²) < 4.78 is 47.0. The first-order valence-electron chi connectivity index (χ1n) is 16.8. The van der Waals surface area contributed by atoms with Gasteiger partial charge in [0.05, 0.1) is 40.5 Å². The van der Waals surface area contributed by atoms with E-state index in [1.54, 1.807) is 18.2 Å². The van der Waals surface area contributed by atoms with Gasteiger partial charge in [-0.05, 0) is 73.8 Å². The number of rotatable bonds is 18.